The van der Waals surface area contributed by atoms with Crippen LogP contribution >= 0.6 is 0 Å². The largest absolute Gasteiger partial charge is 0.481 e. The Kier molecular flexibility index (Phi) is 9.31. The number of aliphatic carboxylic acids is 2. The van der Waals surface area contributed by atoms with Gasteiger partial charge in [-0.15, -0.1) is 0 Å². The Labute approximate surface area is 275 Å². The predicted molar refractivity (Wildman–Crippen MR) is 174 cm³/mol. The molecular weight excluding hydrogens is 584 g/mol. The van der Waals surface area contributed by atoms with Gasteiger partial charge in [0.2, 0.25) is 0 Å². The molecule has 0 heterocycles. The van der Waals surface area contributed by atoms with Crippen molar-refractivity contribution in [2.75, 3.05) is 6.61 Å². The number of rotatable bonds is 10. The van der Waals surface area contributed by atoms with Crippen molar-refractivity contribution in [3.8, 4) is 0 Å². The third kappa shape index (κ3) is 5.61. The fourth-order valence-electron chi connectivity index (χ4n) is 12.7. The highest BCUT2D eigenvalue weighted by molar-refractivity contribution is 5.77. The van der Waals surface area contributed by atoms with E-state index in [0.717, 1.165) is 64.2 Å². The fourth-order valence-corrected chi connectivity index (χ4v) is 12.7. The summed E-state index contributed by atoms with van der Waals surface area (Å²) < 4.78 is 11.9. The van der Waals surface area contributed by atoms with Gasteiger partial charge >= 0.3 is 23.9 Å². The van der Waals surface area contributed by atoms with Gasteiger partial charge in [0.15, 0.2) is 0 Å². The first kappa shape index (κ1) is 34.9. The maximum Gasteiger partial charge on any atom is 0.306 e. The van der Waals surface area contributed by atoms with Gasteiger partial charge in [0, 0.05) is 10.8 Å². The minimum absolute atomic E-state index is 0.0818. The number of carbonyl (C=O) groups is 4. The summed E-state index contributed by atoms with van der Waals surface area (Å²) in [5, 5.41) is 18.1. The van der Waals surface area contributed by atoms with Crippen LogP contribution in [0.5, 0.6) is 0 Å². The number of carboxylic acids is 2. The minimum atomic E-state index is -0.980. The van der Waals surface area contributed by atoms with Gasteiger partial charge in [-0.1, -0.05) is 46.8 Å². The van der Waals surface area contributed by atoms with Crippen LogP contribution in [0.1, 0.15) is 131 Å². The second-order valence-electron chi connectivity index (χ2n) is 17.3. The average Bonchev–Trinajstić information content (AvgIpc) is 3.36. The Balaban J connectivity index is 1.38. The quantitative estimate of drug-likeness (QED) is 0.182. The van der Waals surface area contributed by atoms with Crippen LogP contribution in [0, 0.1) is 56.7 Å². The summed E-state index contributed by atoms with van der Waals surface area (Å²) in [4.78, 5) is 47.3. The third-order valence-electron chi connectivity index (χ3n) is 15.1. The normalized spacial score (nSPS) is 42.4. The molecule has 258 valence electrons. The van der Waals surface area contributed by atoms with Gasteiger partial charge in [0.1, 0.15) is 6.10 Å². The number of carboxylic acid groups (broad SMARTS) is 2. The number of hydrogen-bond donors (Lipinski definition) is 2. The van der Waals surface area contributed by atoms with Crippen LogP contribution in [0.3, 0.4) is 0 Å². The van der Waals surface area contributed by atoms with Crippen molar-refractivity contribution in [1.82, 2.24) is 0 Å². The second-order valence-corrected chi connectivity index (χ2v) is 17.3. The molecule has 0 aromatic rings. The van der Waals surface area contributed by atoms with E-state index >= 15 is 0 Å². The molecule has 5 aliphatic carbocycles. The summed E-state index contributed by atoms with van der Waals surface area (Å²) in [5.41, 5.74) is 1.35. The second kappa shape index (κ2) is 12.3. The SMILES string of the molecule is C=C(C)[C@@H]1CC[C@]2(COC(=O)CCC(=O)O)CC[C@]3(C)[C@H](CC[C@@H]4[C@@]5(C)CC[C@@H](OC(=O)CCC(=O)O)C(C)(C)[C@H]5CC[C@]43C)[C@H]12. The summed E-state index contributed by atoms with van der Waals surface area (Å²) in [6.45, 7) is 19.2. The summed E-state index contributed by atoms with van der Waals surface area (Å²) >= 11 is 0. The van der Waals surface area contributed by atoms with Gasteiger partial charge in [0.25, 0.3) is 0 Å². The zero-order valence-corrected chi connectivity index (χ0v) is 29.1. The number of carbonyl (C=O) groups excluding carboxylic acids is 2. The van der Waals surface area contributed by atoms with E-state index in [0.29, 0.717) is 36.2 Å². The lowest BCUT2D eigenvalue weighted by atomic mass is 9.32. The van der Waals surface area contributed by atoms with E-state index in [2.05, 4.69) is 48.1 Å². The molecule has 5 saturated carbocycles. The van der Waals surface area contributed by atoms with Crippen LogP contribution in [0.4, 0.5) is 0 Å². The fraction of sp³-hybridized carbons (Fsp3) is 0.842. The number of ether oxygens (including phenoxy) is 2. The molecule has 5 aliphatic rings. The molecule has 0 unspecified atom stereocenters. The van der Waals surface area contributed by atoms with E-state index in [1.807, 2.05) is 0 Å². The molecule has 0 bridgehead atoms. The van der Waals surface area contributed by atoms with E-state index in [1.165, 1.54) is 5.57 Å². The molecule has 0 amide bonds. The third-order valence-corrected chi connectivity index (χ3v) is 15.1. The standard InChI is InChI=1S/C38H58O8/c1-23(2)24-14-19-38(22-45-31(43)12-10-29(39)40)21-20-36(6)25(33(24)38)8-9-27-35(5)17-16-28(46-32(44)13-11-30(41)42)34(3,4)26(35)15-18-37(27,36)7/h24-28,33H,1,8-22H2,2-7H3,(H,39,40)(H,41,42)/t24-,25+,26+,27+,28+,33-,35-,36+,37+,38+/m0/s1. The van der Waals surface area contributed by atoms with Gasteiger partial charge in [-0.05, 0) is 117 Å². The van der Waals surface area contributed by atoms with Crippen LogP contribution < -0.4 is 0 Å². The number of fused-ring (bicyclic) bond motifs is 7. The molecule has 0 aliphatic heterocycles. The van der Waals surface area contributed by atoms with Crippen molar-refractivity contribution < 1.29 is 38.9 Å². The van der Waals surface area contributed by atoms with Crippen LogP contribution in [-0.2, 0) is 28.7 Å². The molecule has 5 fully saturated rings. The van der Waals surface area contributed by atoms with Gasteiger partial charge < -0.3 is 19.7 Å². The summed E-state index contributed by atoms with van der Waals surface area (Å²) in [5.74, 6) is -0.505. The highest BCUT2D eigenvalue weighted by Crippen LogP contribution is 2.77. The van der Waals surface area contributed by atoms with Crippen molar-refractivity contribution in [2.45, 2.75) is 138 Å². The number of allylic oxidation sites excluding steroid dienone is 1. The van der Waals surface area contributed by atoms with Crippen molar-refractivity contribution in [3.05, 3.63) is 12.2 Å². The average molecular weight is 643 g/mol. The maximum absolute atomic E-state index is 12.6. The highest BCUT2D eigenvalue weighted by Gasteiger charge is 2.71. The first-order valence-corrected chi connectivity index (χ1v) is 17.9. The minimum Gasteiger partial charge on any atom is -0.481 e. The molecule has 2 N–H and O–H groups in total. The monoisotopic (exact) mass is 642 g/mol. The Hall–Kier alpha value is -2.38. The molecule has 10 atom stereocenters. The Bertz CT molecular complexity index is 1250. The van der Waals surface area contributed by atoms with Gasteiger partial charge in [-0.25, -0.2) is 0 Å². The highest BCUT2D eigenvalue weighted by atomic mass is 16.5. The lowest BCUT2D eigenvalue weighted by molar-refractivity contribution is -0.252. The zero-order valence-electron chi connectivity index (χ0n) is 29.1. The lowest BCUT2D eigenvalue weighted by Gasteiger charge is -2.73. The maximum atomic E-state index is 12.6. The van der Waals surface area contributed by atoms with Crippen molar-refractivity contribution in [1.29, 1.82) is 0 Å². The van der Waals surface area contributed by atoms with Crippen LogP contribution in [0.25, 0.3) is 0 Å². The molecule has 5 rings (SSSR count). The number of hydrogen-bond acceptors (Lipinski definition) is 6. The van der Waals surface area contributed by atoms with Gasteiger partial charge in [-0.3, -0.25) is 19.2 Å². The summed E-state index contributed by atoms with van der Waals surface area (Å²) in [6, 6.07) is 0. The molecule has 0 aromatic heterocycles. The number of esters is 2. The van der Waals surface area contributed by atoms with E-state index in [4.69, 9.17) is 19.7 Å². The van der Waals surface area contributed by atoms with Gasteiger partial charge in [-0.2, -0.15) is 0 Å². The molecule has 0 spiro atoms. The smallest absolute Gasteiger partial charge is 0.306 e. The first-order chi connectivity index (χ1) is 21.4. The van der Waals surface area contributed by atoms with E-state index in [-0.39, 0.29) is 58.9 Å². The van der Waals surface area contributed by atoms with Crippen molar-refractivity contribution in [2.24, 2.45) is 56.7 Å². The van der Waals surface area contributed by atoms with Crippen LogP contribution in [0.2, 0.25) is 0 Å². The summed E-state index contributed by atoms with van der Waals surface area (Å²) in [7, 11) is 0. The van der Waals surface area contributed by atoms with Gasteiger partial charge in [0.05, 0.1) is 32.3 Å². The molecule has 8 nitrogen and oxygen atoms in total. The Morgan fingerprint density at radius 2 is 1.37 bits per heavy atom. The predicted octanol–water partition coefficient (Wildman–Crippen LogP) is 7.83. The first-order valence-electron chi connectivity index (χ1n) is 17.9. The molecule has 46 heavy (non-hydrogen) atoms. The van der Waals surface area contributed by atoms with Crippen molar-refractivity contribution in [3.63, 3.8) is 0 Å². The zero-order chi connectivity index (χ0) is 33.9. The van der Waals surface area contributed by atoms with Crippen LogP contribution in [-0.4, -0.2) is 46.8 Å². The molecular formula is C38H58O8. The lowest BCUT2D eigenvalue weighted by Crippen LogP contribution is -2.67. The van der Waals surface area contributed by atoms with E-state index < -0.39 is 23.9 Å². The molecule has 0 radical (unpaired) electrons. The topological polar surface area (TPSA) is 127 Å². The molecule has 0 aromatic carbocycles. The Morgan fingerprint density at radius 1 is 0.717 bits per heavy atom. The molecule has 0 saturated heterocycles. The van der Waals surface area contributed by atoms with E-state index in [1.54, 1.807) is 0 Å². The molecule has 8 heteroatoms. The van der Waals surface area contributed by atoms with Crippen molar-refractivity contribution >= 4 is 23.9 Å². The Morgan fingerprint density at radius 3 is 2.00 bits per heavy atom. The van der Waals surface area contributed by atoms with E-state index in [9.17, 15) is 19.2 Å². The van der Waals surface area contributed by atoms with Crippen LogP contribution in [0.15, 0.2) is 12.2 Å². The summed E-state index contributed by atoms with van der Waals surface area (Å²) in [6.07, 6.45) is 9.79.